The summed E-state index contributed by atoms with van der Waals surface area (Å²) in [5.41, 5.74) is 9.56. The van der Waals surface area contributed by atoms with Crippen LogP contribution in [0.1, 0.15) is 23.1 Å². The number of pyridine rings is 1. The van der Waals surface area contributed by atoms with Crippen molar-refractivity contribution in [3.63, 3.8) is 0 Å². The van der Waals surface area contributed by atoms with E-state index in [1.165, 1.54) is 0 Å². The molecule has 0 radical (unpaired) electrons. The Morgan fingerprint density at radius 1 is 1.25 bits per heavy atom. The molecule has 0 bridgehead atoms. The summed E-state index contributed by atoms with van der Waals surface area (Å²) in [5, 5.41) is 0.608. The predicted molar refractivity (Wildman–Crippen MR) is 83.9 cm³/mol. The first kappa shape index (κ1) is 13.6. The van der Waals surface area contributed by atoms with Gasteiger partial charge in [-0.3, -0.25) is 0 Å². The lowest BCUT2D eigenvalue weighted by atomic mass is 10.1. The highest BCUT2D eigenvalue weighted by molar-refractivity contribution is 9.10. The van der Waals surface area contributed by atoms with E-state index >= 15 is 0 Å². The largest absolute Gasteiger partial charge is 0.457 e. The van der Waals surface area contributed by atoms with Gasteiger partial charge in [0.25, 0.3) is 0 Å². The van der Waals surface area contributed by atoms with Crippen molar-refractivity contribution in [1.82, 2.24) is 4.98 Å². The first-order chi connectivity index (χ1) is 9.54. The number of aryl methyl sites for hydroxylation is 1. The highest BCUT2D eigenvalue weighted by Crippen LogP contribution is 2.31. The van der Waals surface area contributed by atoms with Gasteiger partial charge in [0.1, 0.15) is 11.3 Å². The SMILES string of the molecule is Cc1ccc2oc(C(N)c3ccc(Br)cc3Cl)cc2n1. The van der Waals surface area contributed by atoms with Crippen LogP contribution in [0.2, 0.25) is 5.02 Å². The maximum absolute atomic E-state index is 6.25. The monoisotopic (exact) mass is 350 g/mol. The summed E-state index contributed by atoms with van der Waals surface area (Å²) < 4.78 is 6.68. The van der Waals surface area contributed by atoms with Crippen LogP contribution in [0.4, 0.5) is 0 Å². The Hall–Kier alpha value is -1.36. The molecule has 3 rings (SSSR count). The van der Waals surface area contributed by atoms with Crippen molar-refractivity contribution in [1.29, 1.82) is 0 Å². The van der Waals surface area contributed by atoms with Crippen LogP contribution in [0.25, 0.3) is 11.1 Å². The molecule has 3 nitrogen and oxygen atoms in total. The molecule has 20 heavy (non-hydrogen) atoms. The predicted octanol–water partition coefficient (Wildman–Crippen LogP) is 4.60. The van der Waals surface area contributed by atoms with E-state index in [9.17, 15) is 0 Å². The summed E-state index contributed by atoms with van der Waals surface area (Å²) in [5.74, 6) is 0.655. The fourth-order valence-electron chi connectivity index (χ4n) is 2.11. The standard InChI is InChI=1S/C15H12BrClN2O/c1-8-2-5-13-12(19-8)7-14(20-13)15(18)10-4-3-9(16)6-11(10)17/h2-7,15H,18H2,1H3. The molecule has 1 atom stereocenters. The topological polar surface area (TPSA) is 52.0 Å². The minimum atomic E-state index is -0.412. The molecular formula is C15H12BrClN2O. The van der Waals surface area contributed by atoms with Crippen LogP contribution in [-0.2, 0) is 0 Å². The van der Waals surface area contributed by atoms with Crippen LogP contribution in [0.5, 0.6) is 0 Å². The molecule has 5 heteroatoms. The number of fused-ring (bicyclic) bond motifs is 1. The molecule has 2 N–H and O–H groups in total. The van der Waals surface area contributed by atoms with Gasteiger partial charge in [-0.1, -0.05) is 33.6 Å². The molecule has 2 aromatic heterocycles. The van der Waals surface area contributed by atoms with Crippen molar-refractivity contribution in [3.8, 4) is 0 Å². The number of halogens is 2. The van der Waals surface area contributed by atoms with E-state index in [0.29, 0.717) is 10.8 Å². The zero-order valence-electron chi connectivity index (χ0n) is 10.7. The summed E-state index contributed by atoms with van der Waals surface area (Å²) in [6.07, 6.45) is 0. The van der Waals surface area contributed by atoms with Crippen molar-refractivity contribution >= 4 is 38.6 Å². The average Bonchev–Trinajstić information content (AvgIpc) is 2.81. The molecule has 0 fully saturated rings. The first-order valence-electron chi connectivity index (χ1n) is 6.12. The number of benzene rings is 1. The van der Waals surface area contributed by atoms with E-state index in [-0.39, 0.29) is 0 Å². The second-order valence-electron chi connectivity index (χ2n) is 4.63. The zero-order chi connectivity index (χ0) is 14.3. The van der Waals surface area contributed by atoms with Gasteiger partial charge in [-0.15, -0.1) is 0 Å². The van der Waals surface area contributed by atoms with Gasteiger partial charge in [0.05, 0.1) is 6.04 Å². The fraction of sp³-hybridized carbons (Fsp3) is 0.133. The van der Waals surface area contributed by atoms with Gasteiger partial charge in [-0.25, -0.2) is 4.98 Å². The summed E-state index contributed by atoms with van der Waals surface area (Å²) in [4.78, 5) is 4.42. The molecule has 3 aromatic rings. The van der Waals surface area contributed by atoms with E-state index in [1.807, 2.05) is 43.3 Å². The number of rotatable bonds is 2. The van der Waals surface area contributed by atoms with Gasteiger partial charge in [0.15, 0.2) is 5.58 Å². The molecule has 1 unspecified atom stereocenters. The van der Waals surface area contributed by atoms with Crippen molar-refractivity contribution in [2.45, 2.75) is 13.0 Å². The van der Waals surface area contributed by atoms with E-state index < -0.39 is 6.04 Å². The normalized spacial score (nSPS) is 12.8. The Bertz CT molecular complexity index is 785. The Morgan fingerprint density at radius 3 is 2.80 bits per heavy atom. The van der Waals surface area contributed by atoms with Gasteiger partial charge in [-0.2, -0.15) is 0 Å². The number of furan rings is 1. The lowest BCUT2D eigenvalue weighted by Crippen LogP contribution is -2.11. The highest BCUT2D eigenvalue weighted by atomic mass is 79.9. The van der Waals surface area contributed by atoms with Gasteiger partial charge in [0, 0.05) is 21.3 Å². The van der Waals surface area contributed by atoms with E-state index in [1.54, 1.807) is 0 Å². The van der Waals surface area contributed by atoms with Crippen LogP contribution < -0.4 is 5.73 Å². The fourth-order valence-corrected chi connectivity index (χ4v) is 2.90. The first-order valence-corrected chi connectivity index (χ1v) is 7.29. The van der Waals surface area contributed by atoms with Gasteiger partial charge in [-0.05, 0) is 36.8 Å². The molecule has 0 aliphatic rings. The van der Waals surface area contributed by atoms with Crippen LogP contribution in [0.3, 0.4) is 0 Å². The number of hydrogen-bond acceptors (Lipinski definition) is 3. The third-order valence-electron chi connectivity index (χ3n) is 3.14. The van der Waals surface area contributed by atoms with Gasteiger partial charge < -0.3 is 10.2 Å². The van der Waals surface area contributed by atoms with Crippen LogP contribution in [-0.4, -0.2) is 4.98 Å². The minimum Gasteiger partial charge on any atom is -0.457 e. The van der Waals surface area contributed by atoms with E-state index in [2.05, 4.69) is 20.9 Å². The summed E-state index contributed by atoms with van der Waals surface area (Å²) >= 11 is 9.61. The quantitative estimate of drug-likeness (QED) is 0.734. The molecule has 0 aliphatic carbocycles. The molecule has 0 saturated carbocycles. The summed E-state index contributed by atoms with van der Waals surface area (Å²) in [7, 11) is 0. The lowest BCUT2D eigenvalue weighted by Gasteiger charge is -2.11. The second-order valence-corrected chi connectivity index (χ2v) is 5.95. The lowest BCUT2D eigenvalue weighted by molar-refractivity contribution is 0.525. The molecule has 2 heterocycles. The highest BCUT2D eigenvalue weighted by Gasteiger charge is 2.17. The molecule has 102 valence electrons. The molecule has 0 aliphatic heterocycles. The molecular weight excluding hydrogens is 340 g/mol. The third kappa shape index (κ3) is 2.46. The average molecular weight is 352 g/mol. The third-order valence-corrected chi connectivity index (χ3v) is 3.96. The van der Waals surface area contributed by atoms with E-state index in [0.717, 1.165) is 26.8 Å². The Labute approximate surface area is 129 Å². The molecule has 0 saturated heterocycles. The van der Waals surface area contributed by atoms with Gasteiger partial charge in [0.2, 0.25) is 0 Å². The number of nitrogens with zero attached hydrogens (tertiary/aromatic N) is 1. The van der Waals surface area contributed by atoms with Crippen molar-refractivity contribution in [2.24, 2.45) is 5.73 Å². The maximum atomic E-state index is 6.25. The van der Waals surface area contributed by atoms with Crippen molar-refractivity contribution < 1.29 is 4.42 Å². The molecule has 1 aromatic carbocycles. The smallest absolute Gasteiger partial charge is 0.152 e. The summed E-state index contributed by atoms with van der Waals surface area (Å²) in [6.45, 7) is 1.94. The molecule has 0 spiro atoms. The van der Waals surface area contributed by atoms with Gasteiger partial charge >= 0.3 is 0 Å². The zero-order valence-corrected chi connectivity index (χ0v) is 13.1. The Morgan fingerprint density at radius 2 is 2.05 bits per heavy atom. The van der Waals surface area contributed by atoms with Crippen molar-refractivity contribution in [2.75, 3.05) is 0 Å². The maximum Gasteiger partial charge on any atom is 0.152 e. The number of aromatic nitrogens is 1. The molecule has 0 amide bonds. The summed E-state index contributed by atoms with van der Waals surface area (Å²) in [6, 6.07) is 10.9. The number of nitrogens with two attached hydrogens (primary N) is 1. The van der Waals surface area contributed by atoms with Crippen LogP contribution >= 0.6 is 27.5 Å². The van der Waals surface area contributed by atoms with Crippen LogP contribution in [0.15, 0.2) is 45.3 Å². The van der Waals surface area contributed by atoms with E-state index in [4.69, 9.17) is 21.8 Å². The number of hydrogen-bond donors (Lipinski definition) is 1. The van der Waals surface area contributed by atoms with Crippen molar-refractivity contribution in [3.05, 3.63) is 62.9 Å². The van der Waals surface area contributed by atoms with Crippen LogP contribution in [0, 0.1) is 6.92 Å². The Balaban J connectivity index is 2.05. The second kappa shape index (κ2) is 5.20. The Kier molecular flexibility index (Phi) is 3.54. The minimum absolute atomic E-state index is 0.412.